The first-order valence-corrected chi connectivity index (χ1v) is 12.3. The Hall–Kier alpha value is -3.25. The van der Waals surface area contributed by atoms with Crippen LogP contribution >= 0.6 is 0 Å². The molecule has 4 saturated carbocycles. The third-order valence-electron chi connectivity index (χ3n) is 8.17. The van der Waals surface area contributed by atoms with Gasteiger partial charge in [-0.05, 0) is 96.2 Å². The van der Waals surface area contributed by atoms with Gasteiger partial charge in [0.25, 0.3) is 0 Å². The van der Waals surface area contributed by atoms with Crippen LogP contribution in [-0.4, -0.2) is 20.2 Å². The number of terminal acetylenes is 1. The van der Waals surface area contributed by atoms with Gasteiger partial charge >= 0.3 is 5.97 Å². The lowest BCUT2D eigenvalue weighted by Crippen LogP contribution is -2.49. The predicted molar refractivity (Wildman–Crippen MR) is 136 cm³/mol. The monoisotopic (exact) mass is 452 g/mol. The smallest absolute Gasteiger partial charge is 0.339 e. The van der Waals surface area contributed by atoms with Gasteiger partial charge < -0.3 is 9.47 Å². The van der Waals surface area contributed by atoms with E-state index in [1.807, 2.05) is 48.5 Å². The molecule has 0 radical (unpaired) electrons. The Balaban J connectivity index is 0.000000257. The molecule has 0 unspecified atom stereocenters. The number of para-hydroxylation sites is 1. The lowest BCUT2D eigenvalue weighted by Gasteiger charge is -2.57. The molecule has 4 aliphatic carbocycles. The number of rotatable bonds is 3. The topological polar surface area (TPSA) is 35.5 Å². The molecule has 3 nitrogen and oxygen atoms in total. The van der Waals surface area contributed by atoms with Crippen molar-refractivity contribution in [2.24, 2.45) is 17.8 Å². The SMILES string of the molecule is C#Cc1c(C(=O)OC)c(C23CC4CC(CC(C4)C2)C3)cc2ccccc12.COc1ccccc1. The maximum Gasteiger partial charge on any atom is 0.339 e. The van der Waals surface area contributed by atoms with Crippen LogP contribution < -0.4 is 4.74 Å². The summed E-state index contributed by atoms with van der Waals surface area (Å²) in [5.74, 6) is 5.89. The Kier molecular flexibility index (Phi) is 6.09. The molecule has 174 valence electrons. The molecule has 0 atom stereocenters. The van der Waals surface area contributed by atoms with Gasteiger partial charge in [-0.15, -0.1) is 6.42 Å². The number of ether oxygens (including phenoxy) is 2. The Morgan fingerprint density at radius 3 is 2.03 bits per heavy atom. The Morgan fingerprint density at radius 1 is 0.912 bits per heavy atom. The van der Waals surface area contributed by atoms with Gasteiger partial charge in [-0.25, -0.2) is 4.79 Å². The quantitative estimate of drug-likeness (QED) is 0.325. The molecule has 0 saturated heterocycles. The molecule has 0 amide bonds. The summed E-state index contributed by atoms with van der Waals surface area (Å²) in [5, 5.41) is 2.11. The van der Waals surface area contributed by atoms with Crippen LogP contribution in [0.1, 0.15) is 60.0 Å². The second-order valence-electron chi connectivity index (χ2n) is 10.2. The summed E-state index contributed by atoms with van der Waals surface area (Å²) in [4.78, 5) is 12.8. The van der Waals surface area contributed by atoms with Crippen LogP contribution in [0.2, 0.25) is 0 Å². The molecule has 34 heavy (non-hydrogen) atoms. The molecule has 0 heterocycles. The fraction of sp³-hybridized carbons (Fsp3) is 0.387. The fourth-order valence-electron chi connectivity index (χ4n) is 7.23. The van der Waals surface area contributed by atoms with E-state index in [0.717, 1.165) is 39.8 Å². The van der Waals surface area contributed by atoms with Crippen molar-refractivity contribution < 1.29 is 14.3 Å². The Morgan fingerprint density at radius 2 is 1.50 bits per heavy atom. The number of methoxy groups -OCH3 is 2. The van der Waals surface area contributed by atoms with E-state index in [0.29, 0.717) is 11.1 Å². The third-order valence-corrected chi connectivity index (χ3v) is 8.17. The molecule has 0 aromatic heterocycles. The maximum atomic E-state index is 12.8. The highest BCUT2D eigenvalue weighted by Crippen LogP contribution is 2.61. The van der Waals surface area contributed by atoms with E-state index in [9.17, 15) is 4.79 Å². The van der Waals surface area contributed by atoms with E-state index >= 15 is 0 Å². The van der Waals surface area contributed by atoms with Gasteiger partial charge in [0, 0.05) is 5.56 Å². The molecular weight excluding hydrogens is 420 g/mol. The summed E-state index contributed by atoms with van der Waals surface area (Å²) in [7, 11) is 3.12. The summed E-state index contributed by atoms with van der Waals surface area (Å²) in [6.07, 6.45) is 13.6. The Bertz CT molecular complexity index is 1200. The van der Waals surface area contributed by atoms with Crippen molar-refractivity contribution >= 4 is 16.7 Å². The van der Waals surface area contributed by atoms with Crippen LogP contribution in [0.15, 0.2) is 60.7 Å². The zero-order chi connectivity index (χ0) is 23.7. The molecule has 7 rings (SSSR count). The summed E-state index contributed by atoms with van der Waals surface area (Å²) < 4.78 is 10.1. The van der Waals surface area contributed by atoms with Crippen molar-refractivity contribution in [3.05, 3.63) is 77.4 Å². The van der Waals surface area contributed by atoms with E-state index in [2.05, 4.69) is 18.1 Å². The average Bonchev–Trinajstić information content (AvgIpc) is 2.87. The number of fused-ring (bicyclic) bond motifs is 1. The van der Waals surface area contributed by atoms with E-state index in [-0.39, 0.29) is 11.4 Å². The van der Waals surface area contributed by atoms with E-state index in [1.54, 1.807) is 7.11 Å². The summed E-state index contributed by atoms with van der Waals surface area (Å²) in [6.45, 7) is 0. The first-order chi connectivity index (χ1) is 16.6. The lowest BCUT2D eigenvalue weighted by atomic mass is 9.47. The van der Waals surface area contributed by atoms with Gasteiger partial charge in [0.05, 0.1) is 19.8 Å². The van der Waals surface area contributed by atoms with E-state index in [4.69, 9.17) is 15.9 Å². The summed E-state index contributed by atoms with van der Waals surface area (Å²) in [6, 6.07) is 20.1. The van der Waals surface area contributed by atoms with Gasteiger partial charge in [0.15, 0.2) is 0 Å². The highest BCUT2D eigenvalue weighted by molar-refractivity contribution is 6.03. The van der Waals surface area contributed by atoms with Crippen LogP contribution in [0.4, 0.5) is 0 Å². The van der Waals surface area contributed by atoms with E-state index in [1.165, 1.54) is 45.6 Å². The van der Waals surface area contributed by atoms with Crippen LogP contribution in [0.5, 0.6) is 5.75 Å². The van der Waals surface area contributed by atoms with Gasteiger partial charge in [-0.2, -0.15) is 0 Å². The van der Waals surface area contributed by atoms with Gasteiger partial charge in [0.1, 0.15) is 5.75 Å². The molecule has 0 aliphatic heterocycles. The molecule has 3 aromatic carbocycles. The number of esters is 1. The van der Waals surface area contributed by atoms with Crippen LogP contribution in [0, 0.1) is 30.1 Å². The molecule has 3 heteroatoms. The van der Waals surface area contributed by atoms with Gasteiger partial charge in [-0.3, -0.25) is 0 Å². The molecular formula is C31H32O3. The molecule has 4 bridgehead atoms. The number of hydrogen-bond acceptors (Lipinski definition) is 3. The summed E-state index contributed by atoms with van der Waals surface area (Å²) in [5.41, 5.74) is 2.62. The zero-order valence-corrected chi connectivity index (χ0v) is 20.1. The predicted octanol–water partition coefficient (Wildman–Crippen LogP) is 6.77. The lowest BCUT2D eigenvalue weighted by molar-refractivity contribution is -0.00588. The van der Waals surface area contributed by atoms with E-state index < -0.39 is 0 Å². The fourth-order valence-corrected chi connectivity index (χ4v) is 7.23. The highest BCUT2D eigenvalue weighted by atomic mass is 16.5. The van der Waals surface area contributed by atoms with Crippen molar-refractivity contribution in [3.8, 4) is 18.1 Å². The number of benzene rings is 3. The van der Waals surface area contributed by atoms with Crippen LogP contribution in [0.25, 0.3) is 10.8 Å². The first-order valence-electron chi connectivity index (χ1n) is 12.3. The second-order valence-corrected chi connectivity index (χ2v) is 10.2. The van der Waals surface area contributed by atoms with Crippen LogP contribution in [0.3, 0.4) is 0 Å². The van der Waals surface area contributed by atoms with Gasteiger partial charge in [0.2, 0.25) is 0 Å². The molecule has 3 aromatic rings. The van der Waals surface area contributed by atoms with Crippen LogP contribution in [-0.2, 0) is 10.2 Å². The summed E-state index contributed by atoms with van der Waals surface area (Å²) >= 11 is 0. The van der Waals surface area contributed by atoms with Crippen molar-refractivity contribution in [3.63, 3.8) is 0 Å². The van der Waals surface area contributed by atoms with Crippen molar-refractivity contribution in [2.75, 3.05) is 14.2 Å². The molecule has 0 spiro atoms. The van der Waals surface area contributed by atoms with Gasteiger partial charge in [-0.1, -0.05) is 48.4 Å². The largest absolute Gasteiger partial charge is 0.497 e. The van der Waals surface area contributed by atoms with Crippen molar-refractivity contribution in [1.82, 2.24) is 0 Å². The minimum absolute atomic E-state index is 0.105. The standard InChI is InChI=1S/C24H24O2.C7H8O/c1-3-19-20-7-5-4-6-18(20)11-21(22(19)23(25)26-2)24-12-15-8-16(13-24)10-17(9-15)14-24;1-8-7-5-3-2-4-6-7/h1,4-7,11,15-17H,8-10,12-14H2,2H3;2-6H,1H3. The maximum absolute atomic E-state index is 12.8. The second kappa shape index (κ2) is 9.18. The third kappa shape index (κ3) is 3.96. The number of carbonyl (C=O) groups excluding carboxylic acids is 1. The molecule has 4 fully saturated rings. The number of hydrogen-bond donors (Lipinski definition) is 0. The average molecular weight is 453 g/mol. The minimum atomic E-state index is -0.283. The van der Waals surface area contributed by atoms with Crippen molar-refractivity contribution in [2.45, 2.75) is 43.9 Å². The highest BCUT2D eigenvalue weighted by Gasteiger charge is 2.53. The minimum Gasteiger partial charge on any atom is -0.497 e. The first kappa shape index (κ1) is 22.5. The molecule has 0 N–H and O–H groups in total. The molecule has 4 aliphatic rings. The zero-order valence-electron chi connectivity index (χ0n) is 20.1. The Labute approximate surface area is 202 Å². The normalized spacial score (nSPS) is 26.3. The number of carbonyl (C=O) groups is 1. The van der Waals surface area contributed by atoms with Crippen molar-refractivity contribution in [1.29, 1.82) is 0 Å².